The van der Waals surface area contributed by atoms with Gasteiger partial charge in [-0.25, -0.2) is 0 Å². The second kappa shape index (κ2) is 6.36. The third-order valence-corrected chi connectivity index (χ3v) is 4.08. The molecule has 18 heavy (non-hydrogen) atoms. The summed E-state index contributed by atoms with van der Waals surface area (Å²) in [6, 6.07) is 10.1. The Balaban J connectivity index is 2.01. The van der Waals surface area contributed by atoms with Crippen molar-refractivity contribution in [2.24, 2.45) is 5.73 Å². The van der Waals surface area contributed by atoms with Crippen LogP contribution in [0.2, 0.25) is 0 Å². The highest BCUT2D eigenvalue weighted by Crippen LogP contribution is 2.27. The third-order valence-electron chi connectivity index (χ3n) is 2.65. The first-order valence-corrected chi connectivity index (χ1v) is 7.54. The van der Waals surface area contributed by atoms with E-state index in [1.54, 1.807) is 11.3 Å². The molecule has 2 nitrogen and oxygen atoms in total. The van der Waals surface area contributed by atoms with Gasteiger partial charge in [0.15, 0.2) is 0 Å². The second-order valence-electron chi connectivity index (χ2n) is 4.15. The van der Waals surface area contributed by atoms with Crippen LogP contribution in [0.1, 0.15) is 23.4 Å². The fourth-order valence-corrected chi connectivity index (χ4v) is 2.76. The number of rotatable bonds is 5. The largest absolute Gasteiger partial charge is 0.493 e. The molecule has 0 aliphatic heterocycles. The zero-order valence-corrected chi connectivity index (χ0v) is 12.6. The Morgan fingerprint density at radius 2 is 2.22 bits per heavy atom. The van der Waals surface area contributed by atoms with Gasteiger partial charge in [0.05, 0.1) is 6.61 Å². The first kappa shape index (κ1) is 13.6. The zero-order valence-electron chi connectivity index (χ0n) is 10.2. The Kier molecular flexibility index (Phi) is 4.80. The van der Waals surface area contributed by atoms with E-state index in [9.17, 15) is 0 Å². The molecule has 0 bridgehead atoms. The molecule has 0 aliphatic rings. The Morgan fingerprint density at radius 1 is 1.39 bits per heavy atom. The van der Waals surface area contributed by atoms with E-state index < -0.39 is 0 Å². The van der Waals surface area contributed by atoms with Gasteiger partial charge < -0.3 is 10.5 Å². The van der Waals surface area contributed by atoms with Crippen LogP contribution >= 0.6 is 27.3 Å². The SMILES string of the molecule is C[C@H](N)c1ccc(Br)cc1OCCc1cccs1. The lowest BCUT2D eigenvalue weighted by atomic mass is 10.1. The summed E-state index contributed by atoms with van der Waals surface area (Å²) in [5.41, 5.74) is 6.98. The van der Waals surface area contributed by atoms with Crippen LogP contribution in [0, 0.1) is 0 Å². The minimum absolute atomic E-state index is 0.0187. The standard InChI is InChI=1S/C14H16BrNOS/c1-10(16)13-5-4-11(15)9-14(13)17-7-6-12-3-2-8-18-12/h2-5,8-10H,6-7,16H2,1H3/t10-/m0/s1. The average molecular weight is 326 g/mol. The summed E-state index contributed by atoms with van der Waals surface area (Å²) in [5.74, 6) is 0.871. The number of hydrogen-bond acceptors (Lipinski definition) is 3. The van der Waals surface area contributed by atoms with E-state index >= 15 is 0 Å². The molecule has 2 N–H and O–H groups in total. The lowest BCUT2D eigenvalue weighted by Gasteiger charge is -2.14. The smallest absolute Gasteiger partial charge is 0.125 e. The molecule has 0 aliphatic carbocycles. The summed E-state index contributed by atoms with van der Waals surface area (Å²) < 4.78 is 6.86. The topological polar surface area (TPSA) is 35.2 Å². The van der Waals surface area contributed by atoms with E-state index in [-0.39, 0.29) is 6.04 Å². The number of halogens is 1. The van der Waals surface area contributed by atoms with Crippen LogP contribution in [0.15, 0.2) is 40.2 Å². The van der Waals surface area contributed by atoms with Crippen molar-refractivity contribution in [1.29, 1.82) is 0 Å². The minimum Gasteiger partial charge on any atom is -0.493 e. The molecule has 1 aromatic heterocycles. The van der Waals surface area contributed by atoms with Crippen molar-refractivity contribution in [3.05, 3.63) is 50.6 Å². The van der Waals surface area contributed by atoms with Crippen molar-refractivity contribution in [1.82, 2.24) is 0 Å². The summed E-state index contributed by atoms with van der Waals surface area (Å²) in [6.07, 6.45) is 0.933. The molecule has 2 rings (SSSR count). The summed E-state index contributed by atoms with van der Waals surface area (Å²) >= 11 is 5.22. The van der Waals surface area contributed by atoms with Crippen molar-refractivity contribution < 1.29 is 4.74 Å². The molecular formula is C14H16BrNOS. The molecule has 0 saturated heterocycles. The van der Waals surface area contributed by atoms with E-state index in [1.165, 1.54) is 4.88 Å². The Morgan fingerprint density at radius 3 is 2.89 bits per heavy atom. The normalized spacial score (nSPS) is 12.4. The van der Waals surface area contributed by atoms with Crippen LogP contribution in [0.5, 0.6) is 5.75 Å². The number of benzene rings is 1. The van der Waals surface area contributed by atoms with E-state index in [0.717, 1.165) is 22.2 Å². The maximum absolute atomic E-state index is 5.94. The maximum atomic E-state index is 5.94. The van der Waals surface area contributed by atoms with Crippen LogP contribution in [-0.2, 0) is 6.42 Å². The molecule has 1 heterocycles. The monoisotopic (exact) mass is 325 g/mol. The molecule has 0 fully saturated rings. The fraction of sp³-hybridized carbons (Fsp3) is 0.286. The molecule has 0 unspecified atom stereocenters. The van der Waals surface area contributed by atoms with Crippen LogP contribution in [0.25, 0.3) is 0 Å². The number of ether oxygens (including phenoxy) is 1. The predicted molar refractivity (Wildman–Crippen MR) is 80.3 cm³/mol. The van der Waals surface area contributed by atoms with Crippen LogP contribution in [0.3, 0.4) is 0 Å². The second-order valence-corrected chi connectivity index (χ2v) is 6.10. The van der Waals surface area contributed by atoms with Gasteiger partial charge in [0.1, 0.15) is 5.75 Å². The number of nitrogens with two attached hydrogens (primary N) is 1. The van der Waals surface area contributed by atoms with Crippen LogP contribution in [-0.4, -0.2) is 6.61 Å². The van der Waals surface area contributed by atoms with Gasteiger partial charge in [0.25, 0.3) is 0 Å². The van der Waals surface area contributed by atoms with Crippen molar-refractivity contribution in [3.63, 3.8) is 0 Å². The van der Waals surface area contributed by atoms with Gasteiger partial charge in [0.2, 0.25) is 0 Å². The number of hydrogen-bond donors (Lipinski definition) is 1. The Labute approximate surface area is 120 Å². The average Bonchev–Trinajstić information content (AvgIpc) is 2.82. The van der Waals surface area contributed by atoms with Gasteiger partial charge in [-0.05, 0) is 30.5 Å². The van der Waals surface area contributed by atoms with Gasteiger partial charge in [-0.15, -0.1) is 11.3 Å². The molecule has 0 spiro atoms. The molecule has 2 aromatic rings. The van der Waals surface area contributed by atoms with E-state index in [1.807, 2.05) is 25.1 Å². The molecule has 0 amide bonds. The highest BCUT2D eigenvalue weighted by Gasteiger charge is 2.08. The van der Waals surface area contributed by atoms with Crippen molar-refractivity contribution >= 4 is 27.3 Å². The fourth-order valence-electron chi connectivity index (χ4n) is 1.73. The summed E-state index contributed by atoms with van der Waals surface area (Å²) in [5, 5.41) is 2.09. The summed E-state index contributed by atoms with van der Waals surface area (Å²) in [6.45, 7) is 2.64. The lowest BCUT2D eigenvalue weighted by Crippen LogP contribution is -2.09. The van der Waals surface area contributed by atoms with Crippen LogP contribution < -0.4 is 10.5 Å². The van der Waals surface area contributed by atoms with Crippen molar-refractivity contribution in [3.8, 4) is 5.75 Å². The molecule has 0 radical (unpaired) electrons. The van der Waals surface area contributed by atoms with E-state index in [0.29, 0.717) is 6.61 Å². The van der Waals surface area contributed by atoms with Gasteiger partial charge in [-0.2, -0.15) is 0 Å². The molecule has 0 saturated carbocycles. The maximum Gasteiger partial charge on any atom is 0.125 e. The van der Waals surface area contributed by atoms with Crippen molar-refractivity contribution in [2.45, 2.75) is 19.4 Å². The Hall–Kier alpha value is -0.840. The Bertz CT molecular complexity index is 497. The zero-order chi connectivity index (χ0) is 13.0. The summed E-state index contributed by atoms with van der Waals surface area (Å²) in [4.78, 5) is 1.34. The van der Waals surface area contributed by atoms with Gasteiger partial charge in [0, 0.05) is 27.4 Å². The van der Waals surface area contributed by atoms with Crippen LogP contribution in [0.4, 0.5) is 0 Å². The third kappa shape index (κ3) is 3.57. The van der Waals surface area contributed by atoms with Gasteiger partial charge in [-0.1, -0.05) is 28.1 Å². The van der Waals surface area contributed by atoms with E-state index in [4.69, 9.17) is 10.5 Å². The van der Waals surface area contributed by atoms with Gasteiger partial charge >= 0.3 is 0 Å². The number of thiophene rings is 1. The quantitative estimate of drug-likeness (QED) is 0.896. The molecular weight excluding hydrogens is 310 g/mol. The van der Waals surface area contributed by atoms with E-state index in [2.05, 4.69) is 33.4 Å². The molecule has 1 aromatic carbocycles. The first-order chi connectivity index (χ1) is 8.66. The minimum atomic E-state index is -0.0187. The first-order valence-electron chi connectivity index (χ1n) is 5.87. The summed E-state index contributed by atoms with van der Waals surface area (Å²) in [7, 11) is 0. The van der Waals surface area contributed by atoms with Crippen molar-refractivity contribution in [2.75, 3.05) is 6.61 Å². The molecule has 96 valence electrons. The molecule has 1 atom stereocenters. The highest BCUT2D eigenvalue weighted by molar-refractivity contribution is 9.10. The highest BCUT2D eigenvalue weighted by atomic mass is 79.9. The molecule has 4 heteroatoms. The lowest BCUT2D eigenvalue weighted by molar-refractivity contribution is 0.318. The predicted octanol–water partition coefficient (Wildman–Crippen LogP) is 4.15. The van der Waals surface area contributed by atoms with Gasteiger partial charge in [-0.3, -0.25) is 0 Å².